The molecule has 0 spiro atoms. The van der Waals surface area contributed by atoms with E-state index in [9.17, 15) is 10.4 Å². The third kappa shape index (κ3) is 4.96. The van der Waals surface area contributed by atoms with Crippen molar-refractivity contribution in [3.63, 3.8) is 0 Å². The van der Waals surface area contributed by atoms with Gasteiger partial charge in [-0.1, -0.05) is 60.7 Å². The summed E-state index contributed by atoms with van der Waals surface area (Å²) in [6, 6.07) is 22.7. The lowest BCUT2D eigenvalue weighted by molar-refractivity contribution is 0.177. The smallest absolute Gasteiger partial charge is 0.138 e. The van der Waals surface area contributed by atoms with Crippen LogP contribution in [0.1, 0.15) is 23.4 Å². The highest BCUT2D eigenvalue weighted by Gasteiger charge is 2.22. The van der Waals surface area contributed by atoms with Crippen LogP contribution in [0.5, 0.6) is 0 Å². The Morgan fingerprint density at radius 2 is 1.73 bits per heavy atom. The number of benzene rings is 2. The Morgan fingerprint density at radius 3 is 2.40 bits per heavy atom. The van der Waals surface area contributed by atoms with Gasteiger partial charge in [-0.05, 0) is 43.8 Å². The number of nitrogens with zero attached hydrogens (tertiary/aromatic N) is 3. The minimum Gasteiger partial charge on any atom is -0.509 e. The van der Waals surface area contributed by atoms with E-state index in [2.05, 4.69) is 46.3 Å². The zero-order valence-electron chi connectivity index (χ0n) is 16.9. The van der Waals surface area contributed by atoms with Crippen molar-refractivity contribution in [3.05, 3.63) is 82.4 Å². The number of likely N-dealkylation sites (tertiary alicyclic amines) is 1. The largest absolute Gasteiger partial charge is 0.509 e. The molecule has 4 nitrogen and oxygen atoms in total. The Hall–Kier alpha value is -2.94. The lowest BCUT2D eigenvalue weighted by Crippen LogP contribution is -2.35. The van der Waals surface area contributed by atoms with Crippen molar-refractivity contribution in [2.75, 3.05) is 19.6 Å². The maximum atomic E-state index is 10.7. The summed E-state index contributed by atoms with van der Waals surface area (Å²) in [4.78, 5) is 6.82. The monoisotopic (exact) mass is 415 g/mol. The number of allylic oxidation sites excluding steroid dienone is 1. The van der Waals surface area contributed by atoms with Gasteiger partial charge >= 0.3 is 0 Å². The third-order valence-electron chi connectivity index (χ3n) is 5.64. The van der Waals surface area contributed by atoms with Crippen LogP contribution in [0.15, 0.2) is 71.8 Å². The summed E-state index contributed by atoms with van der Waals surface area (Å²) in [7, 11) is 0. The number of rotatable bonds is 6. The Bertz CT molecular complexity index is 1030. The van der Waals surface area contributed by atoms with Crippen molar-refractivity contribution in [2.45, 2.75) is 19.3 Å². The average molecular weight is 416 g/mol. The Morgan fingerprint density at radius 1 is 1.07 bits per heavy atom. The van der Waals surface area contributed by atoms with Crippen molar-refractivity contribution in [3.8, 4) is 17.3 Å². The fourth-order valence-corrected chi connectivity index (χ4v) is 4.80. The highest BCUT2D eigenvalue weighted by molar-refractivity contribution is 7.11. The van der Waals surface area contributed by atoms with Gasteiger partial charge in [0.15, 0.2) is 0 Å². The third-order valence-corrected chi connectivity index (χ3v) is 6.50. The number of piperidine rings is 1. The summed E-state index contributed by atoms with van der Waals surface area (Å²) in [5.74, 6) is 0.797. The molecule has 30 heavy (non-hydrogen) atoms. The molecule has 1 N–H and O–H groups in total. The van der Waals surface area contributed by atoms with Crippen molar-refractivity contribution in [2.24, 2.45) is 5.92 Å². The van der Waals surface area contributed by atoms with E-state index in [0.29, 0.717) is 17.5 Å². The zero-order valence-corrected chi connectivity index (χ0v) is 17.7. The molecule has 5 heteroatoms. The summed E-state index contributed by atoms with van der Waals surface area (Å²) in [6.07, 6.45) is 3.33. The molecule has 0 aliphatic carbocycles. The molecule has 152 valence electrons. The lowest BCUT2D eigenvalue weighted by Gasteiger charge is -2.31. The number of thiazole rings is 1. The first kappa shape index (κ1) is 20.3. The molecule has 1 aliphatic heterocycles. The molecule has 4 rings (SSSR count). The van der Waals surface area contributed by atoms with E-state index in [1.807, 2.05) is 35.7 Å². The Balaban J connectivity index is 1.38. The van der Waals surface area contributed by atoms with Crippen LogP contribution in [0.4, 0.5) is 0 Å². The van der Waals surface area contributed by atoms with E-state index < -0.39 is 0 Å². The van der Waals surface area contributed by atoms with Crippen molar-refractivity contribution in [1.29, 1.82) is 5.26 Å². The molecule has 0 unspecified atom stereocenters. The number of aliphatic hydroxyl groups excluding tert-OH is 1. The molecular weight excluding hydrogens is 390 g/mol. The molecule has 0 saturated carbocycles. The first-order chi connectivity index (χ1) is 14.7. The van der Waals surface area contributed by atoms with E-state index in [1.165, 1.54) is 16.9 Å². The quantitative estimate of drug-likeness (QED) is 0.423. The fraction of sp³-hybridized carbons (Fsp3) is 0.280. The number of hydrogen-bond donors (Lipinski definition) is 1. The first-order valence-corrected chi connectivity index (χ1v) is 11.2. The second kappa shape index (κ2) is 9.71. The zero-order chi connectivity index (χ0) is 20.8. The van der Waals surface area contributed by atoms with E-state index in [-0.39, 0.29) is 11.3 Å². The normalized spacial score (nSPS) is 16.1. The lowest BCUT2D eigenvalue weighted by atomic mass is 9.90. The van der Waals surface area contributed by atoms with Crippen molar-refractivity contribution < 1.29 is 5.11 Å². The molecule has 2 aromatic carbocycles. The molecular formula is C25H25N3OS. The number of hydrogen-bond acceptors (Lipinski definition) is 5. The van der Waals surface area contributed by atoms with Gasteiger partial charge in [0.1, 0.15) is 22.4 Å². The number of nitriles is 1. The predicted molar refractivity (Wildman–Crippen MR) is 122 cm³/mol. The summed E-state index contributed by atoms with van der Waals surface area (Å²) < 4.78 is 0. The van der Waals surface area contributed by atoms with Crippen LogP contribution in [0.2, 0.25) is 0 Å². The summed E-state index contributed by atoms with van der Waals surface area (Å²) in [5.41, 5.74) is 3.52. The van der Waals surface area contributed by atoms with Gasteiger partial charge in [-0.15, -0.1) is 11.3 Å². The Kier molecular flexibility index (Phi) is 6.58. The SMILES string of the molecule is N#CC(=C(O)CN1CCC(Cc2ccccc2)CC1)c1nc(-c2ccccc2)cs1. The van der Waals surface area contributed by atoms with Crippen LogP contribution in [-0.2, 0) is 6.42 Å². The van der Waals surface area contributed by atoms with Gasteiger partial charge in [-0.25, -0.2) is 4.98 Å². The molecule has 0 bridgehead atoms. The second-order valence-corrected chi connectivity index (χ2v) is 8.60. The summed E-state index contributed by atoms with van der Waals surface area (Å²) in [5, 5.41) is 22.8. The second-order valence-electron chi connectivity index (χ2n) is 7.75. The van der Waals surface area contributed by atoms with Gasteiger partial charge in [0.05, 0.1) is 12.2 Å². The van der Waals surface area contributed by atoms with Crippen molar-refractivity contribution in [1.82, 2.24) is 9.88 Å². The standard InChI is InChI=1S/C25H25N3OS/c26-16-22(25-27-23(18-30-25)21-9-5-2-6-10-21)24(29)17-28-13-11-20(12-14-28)15-19-7-3-1-4-8-19/h1-10,18,20,29H,11-15,17H2. The van der Waals surface area contributed by atoms with E-state index in [1.54, 1.807) is 0 Å². The van der Waals surface area contributed by atoms with Gasteiger partial charge in [-0.2, -0.15) is 5.26 Å². The van der Waals surface area contributed by atoms with Crippen LogP contribution < -0.4 is 0 Å². The molecule has 0 radical (unpaired) electrons. The molecule has 1 aromatic heterocycles. The van der Waals surface area contributed by atoms with Gasteiger partial charge < -0.3 is 5.11 Å². The van der Waals surface area contributed by atoms with Crippen LogP contribution >= 0.6 is 11.3 Å². The number of aromatic nitrogens is 1. The van der Waals surface area contributed by atoms with E-state index >= 15 is 0 Å². The van der Waals surface area contributed by atoms with Gasteiger partial charge in [0.2, 0.25) is 0 Å². The first-order valence-electron chi connectivity index (χ1n) is 10.3. The van der Waals surface area contributed by atoms with Gasteiger partial charge in [-0.3, -0.25) is 4.90 Å². The van der Waals surface area contributed by atoms with E-state index in [0.717, 1.165) is 43.6 Å². The Labute approximate surface area is 181 Å². The topological polar surface area (TPSA) is 60.1 Å². The maximum absolute atomic E-state index is 10.7. The molecule has 3 aromatic rings. The molecule has 0 amide bonds. The fourth-order valence-electron chi connectivity index (χ4n) is 3.95. The number of aliphatic hydroxyl groups is 1. The molecule has 2 heterocycles. The summed E-state index contributed by atoms with van der Waals surface area (Å²) in [6.45, 7) is 2.28. The van der Waals surface area contributed by atoms with Crippen LogP contribution in [0, 0.1) is 17.2 Å². The van der Waals surface area contributed by atoms with Crippen molar-refractivity contribution >= 4 is 16.9 Å². The maximum Gasteiger partial charge on any atom is 0.138 e. The predicted octanol–water partition coefficient (Wildman–Crippen LogP) is 5.56. The highest BCUT2D eigenvalue weighted by Crippen LogP contribution is 2.28. The van der Waals surface area contributed by atoms with Gasteiger partial charge in [0, 0.05) is 10.9 Å². The van der Waals surface area contributed by atoms with E-state index in [4.69, 9.17) is 0 Å². The molecule has 1 aliphatic rings. The average Bonchev–Trinajstić information content (AvgIpc) is 3.27. The minimum atomic E-state index is 0.118. The van der Waals surface area contributed by atoms with Crippen LogP contribution in [0.3, 0.4) is 0 Å². The minimum absolute atomic E-state index is 0.118. The van der Waals surface area contributed by atoms with Crippen LogP contribution in [0.25, 0.3) is 16.8 Å². The molecule has 1 fully saturated rings. The van der Waals surface area contributed by atoms with Crippen LogP contribution in [-0.4, -0.2) is 34.6 Å². The van der Waals surface area contributed by atoms with Gasteiger partial charge in [0.25, 0.3) is 0 Å². The molecule has 1 saturated heterocycles. The molecule has 0 atom stereocenters. The highest BCUT2D eigenvalue weighted by atomic mass is 32.1. The summed E-state index contributed by atoms with van der Waals surface area (Å²) >= 11 is 1.40.